The molecule has 8 rings (SSSR count). The van der Waals surface area contributed by atoms with Crippen LogP contribution >= 0.6 is 34.5 Å². The zero-order chi connectivity index (χ0) is 34.2. The van der Waals surface area contributed by atoms with Crippen molar-refractivity contribution in [2.24, 2.45) is 23.7 Å². The Hall–Kier alpha value is -4.51. The maximum Gasteiger partial charge on any atom is 0.260 e. The zero-order valence-corrected chi connectivity index (χ0v) is 28.0. The minimum Gasteiger partial charge on any atom is -0.508 e. The van der Waals surface area contributed by atoms with Crippen molar-refractivity contribution in [1.82, 2.24) is 9.91 Å². The first-order valence-electron chi connectivity index (χ1n) is 15.8. The van der Waals surface area contributed by atoms with E-state index in [9.17, 15) is 23.9 Å². The first-order valence-corrected chi connectivity index (χ1v) is 17.5. The molecule has 3 fully saturated rings. The highest BCUT2D eigenvalue weighted by Crippen LogP contribution is 2.64. The van der Waals surface area contributed by atoms with Gasteiger partial charge in [0.15, 0.2) is 0 Å². The van der Waals surface area contributed by atoms with Crippen LogP contribution in [-0.2, 0) is 31.1 Å². The summed E-state index contributed by atoms with van der Waals surface area (Å²) in [5, 5.41) is 13.8. The lowest BCUT2D eigenvalue weighted by molar-refractivity contribution is -0.141. The number of amides is 4. The summed E-state index contributed by atoms with van der Waals surface area (Å²) in [5.74, 6) is -5.97. The molecule has 3 heterocycles. The van der Waals surface area contributed by atoms with Crippen molar-refractivity contribution in [2.45, 2.75) is 30.7 Å². The van der Waals surface area contributed by atoms with Crippen LogP contribution in [0.15, 0.2) is 95.9 Å². The van der Waals surface area contributed by atoms with Crippen LogP contribution in [0.3, 0.4) is 0 Å². The summed E-state index contributed by atoms with van der Waals surface area (Å²) in [7, 11) is 0. The second-order valence-corrected chi connectivity index (χ2v) is 14.8. The summed E-state index contributed by atoms with van der Waals surface area (Å²) in [6, 6.07) is 20.3. The summed E-state index contributed by atoms with van der Waals surface area (Å²) in [4.78, 5) is 60.0. The minimum absolute atomic E-state index is 0.0786. The highest BCUT2D eigenvalue weighted by atomic mass is 35.5. The largest absolute Gasteiger partial charge is 0.508 e. The molecule has 0 bridgehead atoms. The topological polar surface area (TPSA) is 107 Å². The number of benzene rings is 3. The van der Waals surface area contributed by atoms with Gasteiger partial charge in [0.1, 0.15) is 11.6 Å². The van der Waals surface area contributed by atoms with Gasteiger partial charge in [0.2, 0.25) is 11.8 Å². The quantitative estimate of drug-likeness (QED) is 0.163. The smallest absolute Gasteiger partial charge is 0.260 e. The average molecular weight is 717 g/mol. The van der Waals surface area contributed by atoms with E-state index in [-0.39, 0.29) is 42.0 Å². The molecule has 6 unspecified atom stereocenters. The standard InChI is InChI=1S/C37H28Cl2FN3O5S/c38-20-5-3-19(4-6-20)37-29(34(46)43(36(37)48)41-22-9-7-21(40)8-10-22)17-28-25(32(37)26-12-11-23(44)16-30(26)39)13-14-27-31(28)35(47)42(33(27)45)18-24-2-1-15-49-24/h1-13,15-16,27-29,31-32,41,44H,14,17-18H2. The lowest BCUT2D eigenvalue weighted by atomic mass is 9.49. The summed E-state index contributed by atoms with van der Waals surface area (Å²) >= 11 is 14.7. The van der Waals surface area contributed by atoms with E-state index in [1.807, 2.05) is 23.6 Å². The van der Waals surface area contributed by atoms with E-state index in [4.69, 9.17) is 23.2 Å². The Balaban J connectivity index is 1.32. The predicted molar refractivity (Wildman–Crippen MR) is 182 cm³/mol. The molecule has 1 aromatic heterocycles. The van der Waals surface area contributed by atoms with Crippen molar-refractivity contribution < 1.29 is 28.7 Å². The van der Waals surface area contributed by atoms with Gasteiger partial charge in [0, 0.05) is 20.8 Å². The molecule has 4 amide bonds. The van der Waals surface area contributed by atoms with Crippen molar-refractivity contribution >= 4 is 63.9 Å². The van der Waals surface area contributed by atoms with Gasteiger partial charge in [-0.2, -0.15) is 5.01 Å². The number of rotatable bonds is 6. The number of anilines is 1. The Morgan fingerprint density at radius 3 is 2.37 bits per heavy atom. The van der Waals surface area contributed by atoms with Crippen LogP contribution in [0, 0.1) is 29.5 Å². The summed E-state index contributed by atoms with van der Waals surface area (Å²) in [6.45, 7) is 0.169. The van der Waals surface area contributed by atoms with E-state index in [0.717, 1.165) is 15.5 Å². The molecular weight excluding hydrogens is 688 g/mol. The van der Waals surface area contributed by atoms with Crippen LogP contribution in [0.25, 0.3) is 0 Å². The van der Waals surface area contributed by atoms with Gasteiger partial charge >= 0.3 is 0 Å². The van der Waals surface area contributed by atoms with Crippen molar-refractivity contribution in [3.05, 3.63) is 128 Å². The molecular formula is C37H28Cl2FN3O5S. The molecule has 49 heavy (non-hydrogen) atoms. The lowest BCUT2D eigenvalue weighted by Crippen LogP contribution is -2.53. The Bertz CT molecular complexity index is 2050. The molecule has 2 aliphatic carbocycles. The minimum atomic E-state index is -1.56. The van der Waals surface area contributed by atoms with Gasteiger partial charge in [-0.3, -0.25) is 29.5 Å². The summed E-state index contributed by atoms with van der Waals surface area (Å²) in [5.41, 5.74) is 3.44. The van der Waals surface area contributed by atoms with E-state index in [1.165, 1.54) is 52.6 Å². The number of imide groups is 2. The Kier molecular flexibility index (Phi) is 7.66. The van der Waals surface area contributed by atoms with Crippen molar-refractivity contribution in [1.29, 1.82) is 0 Å². The van der Waals surface area contributed by atoms with Gasteiger partial charge in [-0.05, 0) is 89.9 Å². The lowest BCUT2D eigenvalue weighted by Gasteiger charge is -2.50. The summed E-state index contributed by atoms with van der Waals surface area (Å²) in [6.07, 6.45) is 2.33. The highest BCUT2D eigenvalue weighted by molar-refractivity contribution is 7.09. The number of halogens is 3. The molecule has 6 atom stereocenters. The number of thiophene rings is 1. The molecule has 4 aromatic rings. The molecule has 2 N–H and O–H groups in total. The number of allylic oxidation sites excluding steroid dienone is 2. The third-order valence-corrected chi connectivity index (χ3v) is 12.0. The van der Waals surface area contributed by atoms with E-state index >= 15 is 4.79 Å². The van der Waals surface area contributed by atoms with E-state index in [1.54, 1.807) is 30.3 Å². The predicted octanol–water partition coefficient (Wildman–Crippen LogP) is 7.08. The maximum atomic E-state index is 15.1. The number of carbonyl (C=O) groups excluding carboxylic acids is 4. The van der Waals surface area contributed by atoms with E-state index in [2.05, 4.69) is 5.43 Å². The number of fused-ring (bicyclic) bond motifs is 4. The second-order valence-electron chi connectivity index (χ2n) is 12.9. The number of aromatic hydroxyl groups is 1. The van der Waals surface area contributed by atoms with E-state index in [0.29, 0.717) is 21.8 Å². The number of likely N-dealkylation sites (tertiary alicyclic amines) is 1. The van der Waals surface area contributed by atoms with Crippen LogP contribution in [0.1, 0.15) is 34.8 Å². The molecule has 0 spiro atoms. The number of carbonyl (C=O) groups is 4. The number of nitrogens with zero attached hydrogens (tertiary/aromatic N) is 2. The molecule has 12 heteroatoms. The number of hydrogen-bond donors (Lipinski definition) is 2. The third-order valence-electron chi connectivity index (χ3n) is 10.5. The second kappa shape index (κ2) is 11.8. The Morgan fingerprint density at radius 2 is 1.67 bits per heavy atom. The monoisotopic (exact) mass is 715 g/mol. The average Bonchev–Trinajstić information content (AvgIpc) is 3.75. The number of phenols is 1. The molecule has 3 aromatic carbocycles. The van der Waals surface area contributed by atoms with Crippen molar-refractivity contribution in [2.75, 3.05) is 5.43 Å². The van der Waals surface area contributed by atoms with Gasteiger partial charge in [-0.1, -0.05) is 59.1 Å². The number of hydrazine groups is 1. The molecule has 2 saturated heterocycles. The van der Waals surface area contributed by atoms with Crippen molar-refractivity contribution in [3.8, 4) is 5.75 Å². The highest BCUT2D eigenvalue weighted by Gasteiger charge is 2.70. The fraction of sp³-hybridized carbons (Fsp3) is 0.243. The van der Waals surface area contributed by atoms with Gasteiger partial charge in [-0.15, -0.1) is 11.3 Å². The van der Waals surface area contributed by atoms with Gasteiger partial charge in [0.05, 0.1) is 35.4 Å². The first kappa shape index (κ1) is 31.7. The maximum absolute atomic E-state index is 15.1. The normalized spacial score (nSPS) is 27.6. The SMILES string of the molecule is O=C1C2CC=C3C(CC4C(=O)N(Nc5ccc(F)cc5)C(=O)C4(c4ccc(Cl)cc4)C3c3ccc(O)cc3Cl)C2C(=O)N1Cc1cccs1. The van der Waals surface area contributed by atoms with Gasteiger partial charge in [-0.25, -0.2) is 4.39 Å². The fourth-order valence-corrected chi connectivity index (χ4v) is 9.63. The van der Waals surface area contributed by atoms with Crippen LogP contribution in [0.4, 0.5) is 10.1 Å². The Labute approximate surface area is 294 Å². The summed E-state index contributed by atoms with van der Waals surface area (Å²) < 4.78 is 13.8. The molecule has 4 aliphatic rings. The zero-order valence-electron chi connectivity index (χ0n) is 25.7. The first-order chi connectivity index (χ1) is 23.6. The molecule has 0 radical (unpaired) electrons. The van der Waals surface area contributed by atoms with Crippen molar-refractivity contribution in [3.63, 3.8) is 0 Å². The molecule has 248 valence electrons. The van der Waals surface area contributed by atoms with Gasteiger partial charge in [0.25, 0.3) is 11.8 Å². The van der Waals surface area contributed by atoms with Gasteiger partial charge < -0.3 is 5.11 Å². The Morgan fingerprint density at radius 1 is 0.918 bits per heavy atom. The number of phenolic OH excluding ortho intramolecular Hbond substituents is 1. The van der Waals surface area contributed by atoms with E-state index < -0.39 is 52.6 Å². The molecule has 1 saturated carbocycles. The third kappa shape index (κ3) is 4.83. The fourth-order valence-electron chi connectivity index (χ4n) is 8.53. The van der Waals surface area contributed by atoms with Crippen LogP contribution in [-0.4, -0.2) is 38.6 Å². The number of nitrogens with one attached hydrogen (secondary N) is 1. The van der Waals surface area contributed by atoms with Crippen LogP contribution < -0.4 is 5.43 Å². The molecule has 2 aliphatic heterocycles. The van der Waals surface area contributed by atoms with Crippen LogP contribution in [0.2, 0.25) is 10.0 Å². The molecule has 8 nitrogen and oxygen atoms in total. The van der Waals surface area contributed by atoms with Crippen LogP contribution in [0.5, 0.6) is 5.75 Å². The number of hydrogen-bond acceptors (Lipinski definition) is 7.